The number of para-hydroxylation sites is 2. The molecule has 0 radical (unpaired) electrons. The lowest BCUT2D eigenvalue weighted by molar-refractivity contribution is 0.0953. The summed E-state index contributed by atoms with van der Waals surface area (Å²) in [5.74, 6) is 0.944. The van der Waals surface area contributed by atoms with Gasteiger partial charge < -0.3 is 9.88 Å². The van der Waals surface area contributed by atoms with E-state index in [1.807, 2.05) is 56.3 Å². The summed E-state index contributed by atoms with van der Waals surface area (Å²) in [6.07, 6.45) is 0.669. The van der Waals surface area contributed by atoms with E-state index in [0.717, 1.165) is 33.5 Å². The lowest BCUT2D eigenvalue weighted by Gasteiger charge is -2.18. The fourth-order valence-corrected chi connectivity index (χ4v) is 4.03. The number of hydrogen-bond donors (Lipinski definition) is 1. The maximum absolute atomic E-state index is 12.6. The van der Waals surface area contributed by atoms with Crippen molar-refractivity contribution >= 4 is 16.9 Å². The van der Waals surface area contributed by atoms with Gasteiger partial charge in [-0.2, -0.15) is 0 Å². The van der Waals surface area contributed by atoms with E-state index >= 15 is 0 Å². The first-order valence-corrected chi connectivity index (χ1v) is 10.4. The molecule has 30 heavy (non-hydrogen) atoms. The van der Waals surface area contributed by atoms with Gasteiger partial charge in [-0.1, -0.05) is 60.2 Å². The molecule has 1 aromatic heterocycles. The number of rotatable bonds is 6. The third-order valence-electron chi connectivity index (χ3n) is 5.60. The Morgan fingerprint density at radius 2 is 1.73 bits per heavy atom. The highest BCUT2D eigenvalue weighted by Gasteiger charge is 2.17. The van der Waals surface area contributed by atoms with Gasteiger partial charge in [0.05, 0.1) is 17.1 Å². The quantitative estimate of drug-likeness (QED) is 0.484. The molecule has 1 amide bonds. The average molecular weight is 398 g/mol. The molecule has 1 N–H and O–H groups in total. The molecule has 1 atom stereocenters. The zero-order chi connectivity index (χ0) is 21.1. The SMILES string of the molecule is Cc1ccc(C(=O)NCCc2nc3ccccc3n2C(C)c2ccccc2)c(C)c1. The second-order valence-corrected chi connectivity index (χ2v) is 7.80. The monoisotopic (exact) mass is 397 g/mol. The van der Waals surface area contributed by atoms with Crippen molar-refractivity contribution in [2.45, 2.75) is 33.2 Å². The van der Waals surface area contributed by atoms with Crippen molar-refractivity contribution in [2.24, 2.45) is 0 Å². The molecule has 152 valence electrons. The number of benzene rings is 3. The van der Waals surface area contributed by atoms with E-state index in [1.54, 1.807) is 0 Å². The Labute approximate surface area is 177 Å². The normalized spacial score (nSPS) is 12.1. The molecule has 4 aromatic rings. The van der Waals surface area contributed by atoms with Gasteiger partial charge in [-0.05, 0) is 50.1 Å². The van der Waals surface area contributed by atoms with E-state index < -0.39 is 0 Å². The molecule has 1 unspecified atom stereocenters. The van der Waals surface area contributed by atoms with Gasteiger partial charge in [0.1, 0.15) is 5.82 Å². The predicted octanol–water partition coefficient (Wildman–Crippen LogP) is 5.23. The van der Waals surface area contributed by atoms with Gasteiger partial charge in [0.2, 0.25) is 0 Å². The average Bonchev–Trinajstić information content (AvgIpc) is 3.12. The molecule has 0 aliphatic heterocycles. The highest BCUT2D eigenvalue weighted by Crippen LogP contribution is 2.26. The van der Waals surface area contributed by atoms with E-state index in [2.05, 4.69) is 47.1 Å². The Balaban J connectivity index is 1.56. The second-order valence-electron chi connectivity index (χ2n) is 7.80. The largest absolute Gasteiger partial charge is 0.352 e. The topological polar surface area (TPSA) is 46.9 Å². The minimum atomic E-state index is -0.0359. The lowest BCUT2D eigenvalue weighted by atomic mass is 10.1. The van der Waals surface area contributed by atoms with Crippen LogP contribution >= 0.6 is 0 Å². The van der Waals surface area contributed by atoms with Crippen molar-refractivity contribution in [1.29, 1.82) is 0 Å². The van der Waals surface area contributed by atoms with Gasteiger partial charge in [0, 0.05) is 18.5 Å². The summed E-state index contributed by atoms with van der Waals surface area (Å²) in [5, 5.41) is 3.07. The van der Waals surface area contributed by atoms with Crippen molar-refractivity contribution in [1.82, 2.24) is 14.9 Å². The summed E-state index contributed by atoms with van der Waals surface area (Å²) in [6.45, 7) is 6.74. The molecule has 4 rings (SSSR count). The molecular weight excluding hydrogens is 370 g/mol. The van der Waals surface area contributed by atoms with Crippen LogP contribution in [0.2, 0.25) is 0 Å². The van der Waals surface area contributed by atoms with Crippen LogP contribution in [0.5, 0.6) is 0 Å². The summed E-state index contributed by atoms with van der Waals surface area (Å²) in [7, 11) is 0. The van der Waals surface area contributed by atoms with Gasteiger partial charge in [0.25, 0.3) is 5.91 Å². The van der Waals surface area contributed by atoms with E-state index in [1.165, 1.54) is 5.56 Å². The Morgan fingerprint density at radius 3 is 2.50 bits per heavy atom. The number of nitrogens with one attached hydrogen (secondary N) is 1. The molecule has 1 heterocycles. The van der Waals surface area contributed by atoms with Crippen LogP contribution in [0.4, 0.5) is 0 Å². The third kappa shape index (κ3) is 3.99. The number of imidazole rings is 1. The van der Waals surface area contributed by atoms with Gasteiger partial charge in [-0.15, -0.1) is 0 Å². The minimum Gasteiger partial charge on any atom is -0.352 e. The first-order chi connectivity index (χ1) is 14.5. The minimum absolute atomic E-state index is 0.0359. The first kappa shape index (κ1) is 19.9. The summed E-state index contributed by atoms with van der Waals surface area (Å²) in [6, 6.07) is 24.7. The van der Waals surface area contributed by atoms with Crippen LogP contribution in [0.1, 0.15) is 45.8 Å². The summed E-state index contributed by atoms with van der Waals surface area (Å²) in [5.41, 5.74) is 6.22. The number of fused-ring (bicyclic) bond motifs is 1. The van der Waals surface area contributed by atoms with Crippen molar-refractivity contribution in [2.75, 3.05) is 6.54 Å². The molecule has 4 heteroatoms. The number of nitrogens with zero attached hydrogens (tertiary/aromatic N) is 2. The number of aryl methyl sites for hydroxylation is 2. The Hall–Kier alpha value is -3.40. The Morgan fingerprint density at radius 1 is 1.00 bits per heavy atom. The van der Waals surface area contributed by atoms with Crippen LogP contribution in [0.3, 0.4) is 0 Å². The van der Waals surface area contributed by atoms with Crippen molar-refractivity contribution in [3.05, 3.63) is 101 Å². The lowest BCUT2D eigenvalue weighted by Crippen LogP contribution is -2.27. The van der Waals surface area contributed by atoms with Gasteiger partial charge >= 0.3 is 0 Å². The summed E-state index contributed by atoms with van der Waals surface area (Å²) < 4.78 is 2.29. The number of carbonyl (C=O) groups excluding carboxylic acids is 1. The molecule has 4 nitrogen and oxygen atoms in total. The third-order valence-corrected chi connectivity index (χ3v) is 5.60. The standard InChI is InChI=1S/C26H27N3O/c1-18-13-14-22(19(2)17-18)26(30)27-16-15-25-28-23-11-7-8-12-24(23)29(25)20(3)21-9-5-4-6-10-21/h4-14,17,20H,15-16H2,1-3H3,(H,27,30). The molecular formula is C26H27N3O. The molecule has 0 saturated heterocycles. The van der Waals surface area contributed by atoms with E-state index in [9.17, 15) is 4.79 Å². The molecule has 0 aliphatic carbocycles. The maximum atomic E-state index is 12.6. The number of amides is 1. The first-order valence-electron chi connectivity index (χ1n) is 10.4. The maximum Gasteiger partial charge on any atom is 0.251 e. The van der Waals surface area contributed by atoms with Crippen LogP contribution in [0, 0.1) is 13.8 Å². The van der Waals surface area contributed by atoms with Crippen molar-refractivity contribution < 1.29 is 4.79 Å². The fourth-order valence-electron chi connectivity index (χ4n) is 4.03. The highest BCUT2D eigenvalue weighted by atomic mass is 16.1. The highest BCUT2D eigenvalue weighted by molar-refractivity contribution is 5.95. The van der Waals surface area contributed by atoms with Crippen molar-refractivity contribution in [3.8, 4) is 0 Å². The van der Waals surface area contributed by atoms with Crippen molar-refractivity contribution in [3.63, 3.8) is 0 Å². The Bertz CT molecular complexity index is 1180. The smallest absolute Gasteiger partial charge is 0.251 e. The van der Waals surface area contributed by atoms with Crippen LogP contribution in [0.25, 0.3) is 11.0 Å². The molecule has 0 aliphatic rings. The van der Waals surface area contributed by atoms with Gasteiger partial charge in [-0.25, -0.2) is 4.98 Å². The Kier molecular flexibility index (Phi) is 5.66. The van der Waals surface area contributed by atoms with E-state index in [0.29, 0.717) is 13.0 Å². The predicted molar refractivity (Wildman–Crippen MR) is 122 cm³/mol. The van der Waals surface area contributed by atoms with Crippen LogP contribution < -0.4 is 5.32 Å². The van der Waals surface area contributed by atoms with Crippen LogP contribution in [0.15, 0.2) is 72.8 Å². The zero-order valence-corrected chi connectivity index (χ0v) is 17.7. The molecule has 0 fully saturated rings. The summed E-state index contributed by atoms with van der Waals surface area (Å²) >= 11 is 0. The summed E-state index contributed by atoms with van der Waals surface area (Å²) in [4.78, 5) is 17.5. The van der Waals surface area contributed by atoms with E-state index in [-0.39, 0.29) is 11.9 Å². The van der Waals surface area contributed by atoms with E-state index in [4.69, 9.17) is 4.98 Å². The van der Waals surface area contributed by atoms with Crippen LogP contribution in [-0.2, 0) is 6.42 Å². The fraction of sp³-hybridized carbons (Fsp3) is 0.231. The number of aromatic nitrogens is 2. The molecule has 3 aromatic carbocycles. The van der Waals surface area contributed by atoms with Gasteiger partial charge in [-0.3, -0.25) is 4.79 Å². The number of carbonyl (C=O) groups is 1. The zero-order valence-electron chi connectivity index (χ0n) is 17.7. The van der Waals surface area contributed by atoms with Crippen LogP contribution in [-0.4, -0.2) is 22.0 Å². The van der Waals surface area contributed by atoms with Gasteiger partial charge in [0.15, 0.2) is 0 Å². The molecule has 0 spiro atoms. The molecule has 0 saturated carbocycles. The second kappa shape index (κ2) is 8.54. The molecule has 0 bridgehead atoms. The number of hydrogen-bond acceptors (Lipinski definition) is 2.